The van der Waals surface area contributed by atoms with Gasteiger partial charge < -0.3 is 20.1 Å². The summed E-state index contributed by atoms with van der Waals surface area (Å²) in [5.41, 5.74) is 1.31. The summed E-state index contributed by atoms with van der Waals surface area (Å²) in [5, 5.41) is 5.08. The lowest BCUT2D eigenvalue weighted by molar-refractivity contribution is -0.136. The van der Waals surface area contributed by atoms with Crippen LogP contribution in [-0.2, 0) is 16.1 Å². The molecule has 0 heterocycles. The number of rotatable bonds is 5. The Balaban J connectivity index is 1.97. The van der Waals surface area contributed by atoms with Crippen LogP contribution in [-0.4, -0.2) is 26.0 Å². The summed E-state index contributed by atoms with van der Waals surface area (Å²) in [6.45, 7) is 0.285. The second-order valence-corrected chi connectivity index (χ2v) is 4.69. The summed E-state index contributed by atoms with van der Waals surface area (Å²) < 4.78 is 10.3. The first kappa shape index (κ1) is 16.4. The van der Waals surface area contributed by atoms with E-state index in [1.807, 2.05) is 30.3 Å². The van der Waals surface area contributed by atoms with E-state index >= 15 is 0 Å². The fraction of sp³-hybridized carbons (Fsp3) is 0.176. The van der Waals surface area contributed by atoms with Crippen LogP contribution in [0.5, 0.6) is 11.5 Å². The Hall–Kier alpha value is -3.02. The average Bonchev–Trinajstić information content (AvgIpc) is 2.60. The number of anilines is 1. The van der Waals surface area contributed by atoms with Crippen molar-refractivity contribution >= 4 is 17.5 Å². The molecule has 23 heavy (non-hydrogen) atoms. The first-order valence-corrected chi connectivity index (χ1v) is 6.99. The molecule has 0 atom stereocenters. The number of nitrogens with one attached hydrogen (secondary N) is 2. The third kappa shape index (κ3) is 4.47. The highest BCUT2D eigenvalue weighted by Gasteiger charge is 2.16. The minimum atomic E-state index is -0.760. The quantitative estimate of drug-likeness (QED) is 0.827. The van der Waals surface area contributed by atoms with Crippen LogP contribution in [0.3, 0.4) is 0 Å². The molecule has 0 aromatic heterocycles. The number of hydrogen-bond acceptors (Lipinski definition) is 4. The average molecular weight is 314 g/mol. The molecule has 0 bridgehead atoms. The fourth-order valence-electron chi connectivity index (χ4n) is 1.94. The molecule has 0 saturated carbocycles. The van der Waals surface area contributed by atoms with Gasteiger partial charge in [0, 0.05) is 12.6 Å². The van der Waals surface area contributed by atoms with E-state index in [1.54, 1.807) is 18.2 Å². The van der Waals surface area contributed by atoms with Crippen LogP contribution in [0, 0.1) is 0 Å². The molecule has 2 amide bonds. The summed E-state index contributed by atoms with van der Waals surface area (Å²) in [5.74, 6) is -0.474. The second kappa shape index (κ2) is 7.84. The lowest BCUT2D eigenvalue weighted by Gasteiger charge is -2.11. The molecule has 2 aromatic rings. The summed E-state index contributed by atoms with van der Waals surface area (Å²) in [4.78, 5) is 23.8. The Kier molecular flexibility index (Phi) is 5.57. The highest BCUT2D eigenvalue weighted by molar-refractivity contribution is 6.39. The van der Waals surface area contributed by atoms with E-state index in [4.69, 9.17) is 9.47 Å². The summed E-state index contributed by atoms with van der Waals surface area (Å²) in [7, 11) is 3.00. The SMILES string of the molecule is COc1ccc(NC(=O)C(=O)NCc2ccccc2)c(OC)c1. The van der Waals surface area contributed by atoms with Gasteiger partial charge in [-0.3, -0.25) is 9.59 Å². The zero-order chi connectivity index (χ0) is 16.7. The highest BCUT2D eigenvalue weighted by Crippen LogP contribution is 2.28. The first-order valence-electron chi connectivity index (χ1n) is 6.99. The predicted molar refractivity (Wildman–Crippen MR) is 86.5 cm³/mol. The maximum absolute atomic E-state index is 11.9. The van der Waals surface area contributed by atoms with Crippen LogP contribution >= 0.6 is 0 Å². The topological polar surface area (TPSA) is 76.7 Å². The highest BCUT2D eigenvalue weighted by atomic mass is 16.5. The van der Waals surface area contributed by atoms with Crippen LogP contribution in [0.2, 0.25) is 0 Å². The largest absolute Gasteiger partial charge is 0.497 e. The van der Waals surface area contributed by atoms with Gasteiger partial charge >= 0.3 is 11.8 Å². The van der Waals surface area contributed by atoms with Crippen LogP contribution < -0.4 is 20.1 Å². The van der Waals surface area contributed by atoms with Crippen LogP contribution in [0.1, 0.15) is 5.56 Å². The monoisotopic (exact) mass is 314 g/mol. The van der Waals surface area contributed by atoms with E-state index in [0.29, 0.717) is 17.2 Å². The van der Waals surface area contributed by atoms with Gasteiger partial charge in [-0.25, -0.2) is 0 Å². The van der Waals surface area contributed by atoms with Gasteiger partial charge in [0.1, 0.15) is 11.5 Å². The second-order valence-electron chi connectivity index (χ2n) is 4.69. The van der Waals surface area contributed by atoms with Crippen molar-refractivity contribution in [1.82, 2.24) is 5.32 Å². The van der Waals surface area contributed by atoms with E-state index in [-0.39, 0.29) is 6.54 Å². The van der Waals surface area contributed by atoms with E-state index < -0.39 is 11.8 Å². The van der Waals surface area contributed by atoms with E-state index in [2.05, 4.69) is 10.6 Å². The predicted octanol–water partition coefficient (Wildman–Crippen LogP) is 1.96. The third-order valence-corrected chi connectivity index (χ3v) is 3.16. The van der Waals surface area contributed by atoms with Crippen molar-refractivity contribution in [1.29, 1.82) is 0 Å². The van der Waals surface area contributed by atoms with Crippen molar-refractivity contribution in [2.24, 2.45) is 0 Å². The summed E-state index contributed by atoms with van der Waals surface area (Å²) in [6, 6.07) is 14.2. The molecule has 2 aromatic carbocycles. The van der Waals surface area contributed by atoms with Gasteiger partial charge in [0.25, 0.3) is 0 Å². The molecule has 0 saturated heterocycles. The molecule has 0 unspecified atom stereocenters. The Morgan fingerprint density at radius 1 is 0.957 bits per heavy atom. The number of methoxy groups -OCH3 is 2. The summed E-state index contributed by atoms with van der Waals surface area (Å²) >= 11 is 0. The van der Waals surface area contributed by atoms with Crippen molar-refractivity contribution in [2.75, 3.05) is 19.5 Å². The maximum Gasteiger partial charge on any atom is 0.313 e. The van der Waals surface area contributed by atoms with E-state index in [1.165, 1.54) is 14.2 Å². The zero-order valence-electron chi connectivity index (χ0n) is 13.0. The van der Waals surface area contributed by atoms with Crippen LogP contribution in [0.15, 0.2) is 48.5 Å². The van der Waals surface area contributed by atoms with Gasteiger partial charge in [-0.05, 0) is 17.7 Å². The van der Waals surface area contributed by atoms with Crippen molar-refractivity contribution in [3.05, 3.63) is 54.1 Å². The van der Waals surface area contributed by atoms with Gasteiger partial charge in [0.05, 0.1) is 19.9 Å². The van der Waals surface area contributed by atoms with Gasteiger partial charge in [-0.1, -0.05) is 30.3 Å². The molecule has 6 heteroatoms. The van der Waals surface area contributed by atoms with Crippen LogP contribution in [0.4, 0.5) is 5.69 Å². The number of amides is 2. The van der Waals surface area contributed by atoms with Gasteiger partial charge in [0.2, 0.25) is 0 Å². The molecule has 0 aliphatic rings. The van der Waals surface area contributed by atoms with Gasteiger partial charge in [-0.15, -0.1) is 0 Å². The van der Waals surface area contributed by atoms with Crippen molar-refractivity contribution in [3.63, 3.8) is 0 Å². The first-order chi connectivity index (χ1) is 11.1. The van der Waals surface area contributed by atoms with Crippen molar-refractivity contribution < 1.29 is 19.1 Å². The minimum absolute atomic E-state index is 0.285. The molecule has 0 radical (unpaired) electrons. The fourth-order valence-corrected chi connectivity index (χ4v) is 1.94. The van der Waals surface area contributed by atoms with Crippen LogP contribution in [0.25, 0.3) is 0 Å². The molecule has 0 aliphatic carbocycles. The minimum Gasteiger partial charge on any atom is -0.497 e. The molecule has 2 rings (SSSR count). The lowest BCUT2D eigenvalue weighted by Crippen LogP contribution is -2.35. The maximum atomic E-state index is 11.9. The van der Waals surface area contributed by atoms with Gasteiger partial charge in [-0.2, -0.15) is 0 Å². The zero-order valence-corrected chi connectivity index (χ0v) is 13.0. The molecule has 0 spiro atoms. The van der Waals surface area contributed by atoms with E-state index in [9.17, 15) is 9.59 Å². The van der Waals surface area contributed by atoms with Crippen molar-refractivity contribution in [2.45, 2.75) is 6.54 Å². The number of carbonyl (C=O) groups is 2. The Bertz CT molecular complexity index is 686. The molecular weight excluding hydrogens is 296 g/mol. The third-order valence-electron chi connectivity index (χ3n) is 3.16. The molecule has 0 aliphatic heterocycles. The smallest absolute Gasteiger partial charge is 0.313 e. The van der Waals surface area contributed by atoms with E-state index in [0.717, 1.165) is 5.56 Å². The normalized spacial score (nSPS) is 9.83. The number of hydrogen-bond donors (Lipinski definition) is 2. The number of benzene rings is 2. The van der Waals surface area contributed by atoms with Gasteiger partial charge in [0.15, 0.2) is 0 Å². The molecular formula is C17H18N2O4. The Morgan fingerprint density at radius 2 is 1.70 bits per heavy atom. The summed E-state index contributed by atoms with van der Waals surface area (Å²) in [6.07, 6.45) is 0. The Labute approximate surface area is 134 Å². The molecule has 6 nitrogen and oxygen atoms in total. The Morgan fingerprint density at radius 3 is 2.35 bits per heavy atom. The molecule has 0 fully saturated rings. The number of ether oxygens (including phenoxy) is 2. The molecule has 120 valence electrons. The van der Waals surface area contributed by atoms with Crippen molar-refractivity contribution in [3.8, 4) is 11.5 Å². The number of carbonyl (C=O) groups excluding carboxylic acids is 2. The molecule has 2 N–H and O–H groups in total. The lowest BCUT2D eigenvalue weighted by atomic mass is 10.2. The standard InChI is InChI=1S/C17H18N2O4/c1-22-13-8-9-14(15(10-13)23-2)19-17(21)16(20)18-11-12-6-4-3-5-7-12/h3-10H,11H2,1-2H3,(H,18,20)(H,19,21).